The van der Waals surface area contributed by atoms with Crippen LogP contribution in [0.4, 0.5) is 0 Å². The molecule has 2 unspecified atom stereocenters. The molecular weight excluding hydrogens is 172 g/mol. The fourth-order valence-electron chi connectivity index (χ4n) is 2.55. The van der Waals surface area contributed by atoms with E-state index in [0.717, 1.165) is 12.4 Å². The minimum absolute atomic E-state index is 0.699. The van der Waals surface area contributed by atoms with E-state index in [-0.39, 0.29) is 0 Å². The highest BCUT2D eigenvalue weighted by atomic mass is 16.5. The highest BCUT2D eigenvalue weighted by Crippen LogP contribution is 2.42. The van der Waals surface area contributed by atoms with E-state index in [2.05, 4.69) is 36.4 Å². The van der Waals surface area contributed by atoms with Gasteiger partial charge in [0.1, 0.15) is 5.75 Å². The second kappa shape index (κ2) is 3.16. The largest absolute Gasteiger partial charge is 0.493 e. The standard InChI is InChI=1S/C13H14O/c1-2-6-11-10(5-1)9-14-13-8-4-3-7-12(11)13/h1-4,7-8,10-11H,5-6,9H2. The van der Waals surface area contributed by atoms with Crippen LogP contribution in [0.15, 0.2) is 36.4 Å². The van der Waals surface area contributed by atoms with E-state index in [1.54, 1.807) is 0 Å². The molecule has 1 heteroatoms. The zero-order valence-corrected chi connectivity index (χ0v) is 8.15. The molecule has 0 saturated carbocycles. The lowest BCUT2D eigenvalue weighted by Gasteiger charge is -2.34. The first kappa shape index (κ1) is 8.10. The molecule has 0 aromatic heterocycles. The van der Waals surface area contributed by atoms with Gasteiger partial charge >= 0.3 is 0 Å². The van der Waals surface area contributed by atoms with Crippen molar-refractivity contribution >= 4 is 0 Å². The van der Waals surface area contributed by atoms with Gasteiger partial charge in [-0.2, -0.15) is 0 Å². The van der Waals surface area contributed by atoms with Gasteiger partial charge in [-0.3, -0.25) is 0 Å². The number of fused-ring (bicyclic) bond motifs is 3. The third-order valence-corrected chi connectivity index (χ3v) is 3.34. The predicted molar refractivity (Wildman–Crippen MR) is 56.5 cm³/mol. The number of hydrogen-bond donors (Lipinski definition) is 0. The molecule has 0 saturated heterocycles. The number of ether oxygens (including phenoxy) is 1. The summed E-state index contributed by atoms with van der Waals surface area (Å²) in [5.74, 6) is 2.50. The molecule has 1 heterocycles. The van der Waals surface area contributed by atoms with Gasteiger partial charge in [-0.05, 0) is 30.4 Å². The summed E-state index contributed by atoms with van der Waals surface area (Å²) in [7, 11) is 0. The summed E-state index contributed by atoms with van der Waals surface area (Å²) in [5, 5.41) is 0. The number of allylic oxidation sites excluding steroid dienone is 2. The molecule has 0 radical (unpaired) electrons. The topological polar surface area (TPSA) is 9.23 Å². The molecule has 2 atom stereocenters. The van der Waals surface area contributed by atoms with Crippen molar-refractivity contribution < 1.29 is 4.74 Å². The maximum atomic E-state index is 5.76. The summed E-state index contributed by atoms with van der Waals surface area (Å²) in [6.07, 6.45) is 6.96. The van der Waals surface area contributed by atoms with Crippen LogP contribution in [0.5, 0.6) is 5.75 Å². The summed E-state index contributed by atoms with van der Waals surface area (Å²) in [6.45, 7) is 0.895. The molecule has 0 amide bonds. The summed E-state index contributed by atoms with van der Waals surface area (Å²) in [4.78, 5) is 0. The van der Waals surface area contributed by atoms with Crippen molar-refractivity contribution in [3.05, 3.63) is 42.0 Å². The quantitative estimate of drug-likeness (QED) is 0.566. The van der Waals surface area contributed by atoms with Crippen molar-refractivity contribution in [2.45, 2.75) is 18.8 Å². The molecule has 0 spiro atoms. The smallest absolute Gasteiger partial charge is 0.122 e. The first-order valence-corrected chi connectivity index (χ1v) is 5.32. The van der Waals surface area contributed by atoms with Crippen LogP contribution in [0.3, 0.4) is 0 Å². The van der Waals surface area contributed by atoms with Gasteiger partial charge in [-0.1, -0.05) is 30.4 Å². The monoisotopic (exact) mass is 186 g/mol. The lowest BCUT2D eigenvalue weighted by Crippen LogP contribution is -2.26. The lowest BCUT2D eigenvalue weighted by atomic mass is 9.77. The van der Waals surface area contributed by atoms with Crippen LogP contribution in [0.1, 0.15) is 24.3 Å². The van der Waals surface area contributed by atoms with Crippen LogP contribution in [0, 0.1) is 5.92 Å². The Kier molecular flexibility index (Phi) is 1.83. The minimum Gasteiger partial charge on any atom is -0.493 e. The molecule has 1 aliphatic heterocycles. The van der Waals surface area contributed by atoms with E-state index in [4.69, 9.17) is 4.74 Å². The summed E-state index contributed by atoms with van der Waals surface area (Å²) in [6, 6.07) is 8.47. The van der Waals surface area contributed by atoms with Crippen molar-refractivity contribution in [2.75, 3.05) is 6.61 Å². The van der Waals surface area contributed by atoms with Crippen molar-refractivity contribution in [2.24, 2.45) is 5.92 Å². The molecule has 0 N–H and O–H groups in total. The zero-order valence-electron chi connectivity index (χ0n) is 8.15. The van der Waals surface area contributed by atoms with Gasteiger partial charge in [0.05, 0.1) is 6.61 Å². The normalized spacial score (nSPS) is 28.9. The Labute approximate surface area is 84.4 Å². The van der Waals surface area contributed by atoms with Gasteiger partial charge in [0.2, 0.25) is 0 Å². The van der Waals surface area contributed by atoms with Gasteiger partial charge in [-0.15, -0.1) is 0 Å². The molecule has 0 fully saturated rings. The Hall–Kier alpha value is -1.24. The molecule has 14 heavy (non-hydrogen) atoms. The summed E-state index contributed by atoms with van der Waals surface area (Å²) < 4.78 is 5.76. The SMILES string of the molecule is C1=CCC2c3ccccc3OCC2C1. The van der Waals surface area contributed by atoms with Gasteiger partial charge in [-0.25, -0.2) is 0 Å². The Morgan fingerprint density at radius 3 is 2.93 bits per heavy atom. The van der Waals surface area contributed by atoms with E-state index >= 15 is 0 Å². The average Bonchev–Trinajstić information content (AvgIpc) is 2.29. The highest BCUT2D eigenvalue weighted by molar-refractivity contribution is 5.39. The molecular formula is C13H14O. The van der Waals surface area contributed by atoms with Crippen LogP contribution in [0.2, 0.25) is 0 Å². The van der Waals surface area contributed by atoms with Crippen LogP contribution in [-0.4, -0.2) is 6.61 Å². The molecule has 2 aliphatic rings. The van der Waals surface area contributed by atoms with Gasteiger partial charge in [0.25, 0.3) is 0 Å². The Morgan fingerprint density at radius 1 is 1.07 bits per heavy atom. The van der Waals surface area contributed by atoms with Crippen molar-refractivity contribution in [1.82, 2.24) is 0 Å². The first-order chi connectivity index (χ1) is 6.95. The number of para-hydroxylation sites is 1. The molecule has 3 rings (SSSR count). The van der Waals surface area contributed by atoms with E-state index in [1.165, 1.54) is 18.4 Å². The van der Waals surface area contributed by atoms with E-state index in [0.29, 0.717) is 11.8 Å². The maximum absolute atomic E-state index is 5.76. The van der Waals surface area contributed by atoms with Gasteiger partial charge in [0.15, 0.2) is 0 Å². The lowest BCUT2D eigenvalue weighted by molar-refractivity contribution is 0.190. The second-order valence-electron chi connectivity index (χ2n) is 4.16. The van der Waals surface area contributed by atoms with Crippen LogP contribution < -0.4 is 4.74 Å². The summed E-state index contributed by atoms with van der Waals surface area (Å²) >= 11 is 0. The van der Waals surface area contributed by atoms with Gasteiger partial charge < -0.3 is 4.74 Å². The Morgan fingerprint density at radius 2 is 1.93 bits per heavy atom. The first-order valence-electron chi connectivity index (χ1n) is 5.32. The van der Waals surface area contributed by atoms with Crippen molar-refractivity contribution in [1.29, 1.82) is 0 Å². The van der Waals surface area contributed by atoms with Crippen molar-refractivity contribution in [3.63, 3.8) is 0 Å². The van der Waals surface area contributed by atoms with Crippen LogP contribution in [-0.2, 0) is 0 Å². The predicted octanol–water partition coefficient (Wildman–Crippen LogP) is 3.13. The fraction of sp³-hybridized carbons (Fsp3) is 0.385. The van der Waals surface area contributed by atoms with Crippen LogP contribution in [0.25, 0.3) is 0 Å². The minimum atomic E-state index is 0.699. The van der Waals surface area contributed by atoms with E-state index < -0.39 is 0 Å². The third kappa shape index (κ3) is 1.16. The average molecular weight is 186 g/mol. The van der Waals surface area contributed by atoms with E-state index in [9.17, 15) is 0 Å². The highest BCUT2D eigenvalue weighted by Gasteiger charge is 2.30. The Balaban J connectivity index is 2.04. The Bertz CT molecular complexity index is 367. The molecule has 1 aliphatic carbocycles. The third-order valence-electron chi connectivity index (χ3n) is 3.34. The zero-order chi connectivity index (χ0) is 9.38. The maximum Gasteiger partial charge on any atom is 0.122 e. The summed E-state index contributed by atoms with van der Waals surface area (Å²) in [5.41, 5.74) is 1.41. The molecule has 72 valence electrons. The number of hydrogen-bond acceptors (Lipinski definition) is 1. The molecule has 1 aromatic carbocycles. The molecule has 0 bridgehead atoms. The van der Waals surface area contributed by atoms with Crippen molar-refractivity contribution in [3.8, 4) is 5.75 Å². The van der Waals surface area contributed by atoms with Gasteiger partial charge in [0, 0.05) is 5.92 Å². The van der Waals surface area contributed by atoms with E-state index in [1.807, 2.05) is 0 Å². The number of benzene rings is 1. The fourth-order valence-corrected chi connectivity index (χ4v) is 2.55. The molecule has 1 nitrogen and oxygen atoms in total. The van der Waals surface area contributed by atoms with Crippen LogP contribution >= 0.6 is 0 Å². The molecule has 1 aromatic rings. The number of rotatable bonds is 0. The second-order valence-corrected chi connectivity index (χ2v) is 4.16.